The van der Waals surface area contributed by atoms with Crippen LogP contribution in [0.3, 0.4) is 0 Å². The van der Waals surface area contributed by atoms with Crippen molar-refractivity contribution in [3.8, 4) is 5.75 Å². The quantitative estimate of drug-likeness (QED) is 0.886. The molecule has 100 valence electrons. The van der Waals surface area contributed by atoms with E-state index in [1.165, 1.54) is 25.3 Å². The summed E-state index contributed by atoms with van der Waals surface area (Å²) < 4.78 is 19.6. The number of ether oxygens (including phenoxy) is 1. The second-order valence-corrected chi connectivity index (χ2v) is 5.07. The summed E-state index contributed by atoms with van der Waals surface area (Å²) in [5, 5.41) is 0. The fourth-order valence-electron chi connectivity index (χ4n) is 2.74. The van der Waals surface area contributed by atoms with Gasteiger partial charge in [0.05, 0.1) is 0 Å². The van der Waals surface area contributed by atoms with Crippen molar-refractivity contribution in [3.63, 3.8) is 0 Å². The van der Waals surface area contributed by atoms with E-state index in [1.807, 2.05) is 6.07 Å². The minimum atomic E-state index is -0.265. The van der Waals surface area contributed by atoms with Gasteiger partial charge >= 0.3 is 0 Å². The first-order chi connectivity index (χ1) is 8.74. The van der Waals surface area contributed by atoms with Crippen LogP contribution in [0, 0.1) is 11.7 Å². The van der Waals surface area contributed by atoms with Gasteiger partial charge in [0.2, 0.25) is 0 Å². The van der Waals surface area contributed by atoms with Crippen molar-refractivity contribution < 1.29 is 9.13 Å². The summed E-state index contributed by atoms with van der Waals surface area (Å²) in [4.78, 5) is 0. The van der Waals surface area contributed by atoms with Crippen LogP contribution in [0.5, 0.6) is 5.75 Å². The summed E-state index contributed by atoms with van der Waals surface area (Å²) in [6, 6.07) is 5.00. The van der Waals surface area contributed by atoms with E-state index in [-0.39, 0.29) is 18.5 Å². The Kier molecular flexibility index (Phi) is 4.59. The second kappa shape index (κ2) is 6.19. The van der Waals surface area contributed by atoms with E-state index in [9.17, 15) is 4.39 Å². The second-order valence-electron chi connectivity index (χ2n) is 5.07. The summed E-state index contributed by atoms with van der Waals surface area (Å²) in [7, 11) is 0. The molecule has 0 amide bonds. The van der Waals surface area contributed by atoms with Crippen LogP contribution in [0.15, 0.2) is 18.2 Å². The van der Waals surface area contributed by atoms with Gasteiger partial charge in [-0.2, -0.15) is 0 Å². The first-order valence-corrected chi connectivity index (χ1v) is 6.89. The third-order valence-corrected chi connectivity index (χ3v) is 3.90. The Bertz CT molecular complexity index is 394. The highest BCUT2D eigenvalue weighted by atomic mass is 19.1. The Labute approximate surface area is 108 Å². The molecule has 0 bridgehead atoms. The average molecular weight is 251 g/mol. The topological polar surface area (TPSA) is 35.2 Å². The lowest BCUT2D eigenvalue weighted by molar-refractivity contribution is 0.0900. The predicted octanol–water partition coefficient (Wildman–Crippen LogP) is 3.63. The predicted molar refractivity (Wildman–Crippen MR) is 71.0 cm³/mol. The van der Waals surface area contributed by atoms with E-state index in [0.717, 1.165) is 12.8 Å². The third-order valence-electron chi connectivity index (χ3n) is 3.90. The summed E-state index contributed by atoms with van der Waals surface area (Å²) in [5.41, 5.74) is 5.99. The molecule has 0 saturated heterocycles. The van der Waals surface area contributed by atoms with Crippen molar-refractivity contribution >= 4 is 0 Å². The van der Waals surface area contributed by atoms with Gasteiger partial charge in [0.1, 0.15) is 17.7 Å². The van der Waals surface area contributed by atoms with Crippen LogP contribution in [-0.2, 0) is 6.54 Å². The summed E-state index contributed by atoms with van der Waals surface area (Å²) >= 11 is 0. The minimum Gasteiger partial charge on any atom is -0.490 e. The molecule has 1 saturated carbocycles. The SMILES string of the molecule is CCC1CCCCC1Oc1ccc(CN)c(F)c1. The third kappa shape index (κ3) is 3.02. The monoisotopic (exact) mass is 251 g/mol. The van der Waals surface area contributed by atoms with Crippen molar-refractivity contribution in [3.05, 3.63) is 29.6 Å². The molecule has 2 N–H and O–H groups in total. The van der Waals surface area contributed by atoms with Gasteiger partial charge in [-0.15, -0.1) is 0 Å². The molecule has 1 aromatic rings. The van der Waals surface area contributed by atoms with Crippen LogP contribution in [-0.4, -0.2) is 6.10 Å². The number of benzene rings is 1. The maximum atomic E-state index is 13.6. The molecule has 1 aromatic carbocycles. The largest absolute Gasteiger partial charge is 0.490 e. The van der Waals surface area contributed by atoms with Gasteiger partial charge < -0.3 is 10.5 Å². The lowest BCUT2D eigenvalue weighted by Crippen LogP contribution is -2.29. The Balaban J connectivity index is 2.05. The highest BCUT2D eigenvalue weighted by Crippen LogP contribution is 2.30. The molecule has 0 aromatic heterocycles. The fraction of sp³-hybridized carbons (Fsp3) is 0.600. The smallest absolute Gasteiger partial charge is 0.131 e. The van der Waals surface area contributed by atoms with Crippen LogP contribution in [0.4, 0.5) is 4.39 Å². The summed E-state index contributed by atoms with van der Waals surface area (Å²) in [5.74, 6) is 0.977. The van der Waals surface area contributed by atoms with E-state index in [1.54, 1.807) is 6.07 Å². The fourth-order valence-corrected chi connectivity index (χ4v) is 2.74. The van der Waals surface area contributed by atoms with Crippen molar-refractivity contribution in [2.45, 2.75) is 51.7 Å². The van der Waals surface area contributed by atoms with Gasteiger partial charge in [0, 0.05) is 18.2 Å². The van der Waals surface area contributed by atoms with Gasteiger partial charge in [0.15, 0.2) is 0 Å². The zero-order valence-electron chi connectivity index (χ0n) is 11.0. The molecule has 2 atom stereocenters. The van der Waals surface area contributed by atoms with Gasteiger partial charge in [-0.05, 0) is 37.7 Å². The molecule has 0 radical (unpaired) electrons. The molecule has 1 fully saturated rings. The highest BCUT2D eigenvalue weighted by molar-refractivity contribution is 5.29. The molecule has 0 aliphatic heterocycles. The molecular weight excluding hydrogens is 229 g/mol. The van der Waals surface area contributed by atoms with Gasteiger partial charge in [-0.3, -0.25) is 0 Å². The average Bonchev–Trinajstić information content (AvgIpc) is 2.39. The molecule has 18 heavy (non-hydrogen) atoms. The first-order valence-electron chi connectivity index (χ1n) is 6.89. The number of rotatable bonds is 4. The van der Waals surface area contributed by atoms with Gasteiger partial charge in [-0.1, -0.05) is 19.4 Å². The van der Waals surface area contributed by atoms with Gasteiger partial charge in [0.25, 0.3) is 0 Å². The molecule has 3 heteroatoms. The molecule has 2 unspecified atom stereocenters. The number of hydrogen-bond acceptors (Lipinski definition) is 2. The van der Waals surface area contributed by atoms with Crippen molar-refractivity contribution in [2.24, 2.45) is 11.7 Å². The Morgan fingerprint density at radius 2 is 2.11 bits per heavy atom. The van der Waals surface area contributed by atoms with E-state index in [2.05, 4.69) is 6.92 Å². The van der Waals surface area contributed by atoms with Crippen molar-refractivity contribution in [1.29, 1.82) is 0 Å². The molecule has 0 spiro atoms. The van der Waals surface area contributed by atoms with Crippen molar-refractivity contribution in [1.82, 2.24) is 0 Å². The standard InChI is InChI=1S/C15H22FNO/c1-2-11-5-3-4-6-15(11)18-13-8-7-12(10-17)14(16)9-13/h7-9,11,15H,2-6,10,17H2,1H3. The zero-order chi connectivity index (χ0) is 13.0. The molecule has 0 heterocycles. The summed E-state index contributed by atoms with van der Waals surface area (Å²) in [6.07, 6.45) is 6.19. The lowest BCUT2D eigenvalue weighted by atomic mass is 9.85. The molecule has 1 aliphatic carbocycles. The van der Waals surface area contributed by atoms with E-state index < -0.39 is 0 Å². The number of hydrogen-bond donors (Lipinski definition) is 1. The zero-order valence-corrected chi connectivity index (χ0v) is 11.0. The van der Waals surface area contributed by atoms with E-state index in [0.29, 0.717) is 17.2 Å². The van der Waals surface area contributed by atoms with Crippen LogP contribution in [0.2, 0.25) is 0 Å². The van der Waals surface area contributed by atoms with Crippen LogP contribution < -0.4 is 10.5 Å². The Morgan fingerprint density at radius 3 is 2.78 bits per heavy atom. The van der Waals surface area contributed by atoms with Crippen molar-refractivity contribution in [2.75, 3.05) is 0 Å². The number of nitrogens with two attached hydrogens (primary N) is 1. The number of halogens is 1. The molecule has 2 rings (SSSR count). The normalized spacial score (nSPS) is 23.9. The maximum Gasteiger partial charge on any atom is 0.131 e. The van der Waals surface area contributed by atoms with Crippen LogP contribution in [0.1, 0.15) is 44.6 Å². The summed E-state index contributed by atoms with van der Waals surface area (Å²) in [6.45, 7) is 2.43. The van der Waals surface area contributed by atoms with E-state index in [4.69, 9.17) is 10.5 Å². The molecular formula is C15H22FNO. The highest BCUT2D eigenvalue weighted by Gasteiger charge is 2.25. The first kappa shape index (κ1) is 13.3. The van der Waals surface area contributed by atoms with Gasteiger partial charge in [-0.25, -0.2) is 4.39 Å². The molecule has 2 nitrogen and oxygen atoms in total. The Morgan fingerprint density at radius 1 is 1.33 bits per heavy atom. The maximum absolute atomic E-state index is 13.6. The van der Waals surface area contributed by atoms with Crippen LogP contribution in [0.25, 0.3) is 0 Å². The van der Waals surface area contributed by atoms with Crippen LogP contribution >= 0.6 is 0 Å². The van der Waals surface area contributed by atoms with E-state index >= 15 is 0 Å². The Hall–Kier alpha value is -1.09. The molecule has 1 aliphatic rings. The minimum absolute atomic E-state index is 0.229. The lowest BCUT2D eigenvalue weighted by Gasteiger charge is -2.31.